The van der Waals surface area contributed by atoms with Crippen LogP contribution in [0.15, 0.2) is 0 Å². The van der Waals surface area contributed by atoms with Crippen molar-refractivity contribution in [2.24, 2.45) is 5.73 Å². The SMILES string of the molecule is CC(NC(=O)C(CS)NC(=O)C(NC(=O)CN)C(C)O)C(=O)O. The highest BCUT2D eigenvalue weighted by molar-refractivity contribution is 7.80. The lowest BCUT2D eigenvalue weighted by molar-refractivity contribution is -0.141. The molecule has 0 aliphatic heterocycles. The van der Waals surface area contributed by atoms with Gasteiger partial charge in [-0.1, -0.05) is 0 Å². The highest BCUT2D eigenvalue weighted by Crippen LogP contribution is 1.97. The van der Waals surface area contributed by atoms with Crippen LogP contribution in [0.1, 0.15) is 13.8 Å². The average molecular weight is 350 g/mol. The Labute approximate surface area is 138 Å². The number of rotatable bonds is 9. The minimum absolute atomic E-state index is 0.110. The van der Waals surface area contributed by atoms with E-state index in [1.54, 1.807) is 0 Å². The second kappa shape index (κ2) is 10.0. The van der Waals surface area contributed by atoms with Crippen molar-refractivity contribution in [2.75, 3.05) is 12.3 Å². The summed E-state index contributed by atoms with van der Waals surface area (Å²) in [6.07, 6.45) is -1.23. The fourth-order valence-corrected chi connectivity index (χ4v) is 1.73. The van der Waals surface area contributed by atoms with Crippen molar-refractivity contribution in [1.82, 2.24) is 16.0 Å². The van der Waals surface area contributed by atoms with E-state index in [0.29, 0.717) is 0 Å². The minimum atomic E-state index is -1.31. The molecule has 23 heavy (non-hydrogen) atoms. The van der Waals surface area contributed by atoms with Crippen molar-refractivity contribution in [3.8, 4) is 0 Å². The summed E-state index contributed by atoms with van der Waals surface area (Å²) < 4.78 is 0. The molecule has 0 heterocycles. The van der Waals surface area contributed by atoms with Gasteiger partial charge in [0, 0.05) is 5.75 Å². The molecule has 4 unspecified atom stereocenters. The van der Waals surface area contributed by atoms with Gasteiger partial charge in [-0.05, 0) is 13.8 Å². The summed E-state index contributed by atoms with van der Waals surface area (Å²) in [6, 6.07) is -3.59. The first-order valence-electron chi connectivity index (χ1n) is 6.75. The molecule has 132 valence electrons. The van der Waals surface area contributed by atoms with Crippen LogP contribution in [0.4, 0.5) is 0 Å². The monoisotopic (exact) mass is 350 g/mol. The number of carbonyl (C=O) groups is 4. The maximum absolute atomic E-state index is 12.1. The van der Waals surface area contributed by atoms with E-state index in [2.05, 4.69) is 28.6 Å². The highest BCUT2D eigenvalue weighted by atomic mass is 32.1. The fourth-order valence-electron chi connectivity index (χ4n) is 1.47. The molecule has 0 bridgehead atoms. The largest absolute Gasteiger partial charge is 0.480 e. The van der Waals surface area contributed by atoms with Crippen LogP contribution < -0.4 is 21.7 Å². The Hall–Kier alpha value is -1.85. The summed E-state index contributed by atoms with van der Waals surface area (Å²) in [5.74, 6) is -3.57. The van der Waals surface area contributed by atoms with Gasteiger partial charge in [0.1, 0.15) is 18.1 Å². The van der Waals surface area contributed by atoms with Crippen molar-refractivity contribution in [3.05, 3.63) is 0 Å². The Morgan fingerprint density at radius 1 is 1.09 bits per heavy atom. The molecule has 0 spiro atoms. The molecule has 0 aromatic heterocycles. The molecular weight excluding hydrogens is 328 g/mol. The molecule has 3 amide bonds. The van der Waals surface area contributed by atoms with Crippen LogP contribution in [0.5, 0.6) is 0 Å². The molecule has 10 nitrogen and oxygen atoms in total. The molecule has 0 saturated heterocycles. The van der Waals surface area contributed by atoms with E-state index >= 15 is 0 Å². The number of hydrogen-bond donors (Lipinski definition) is 7. The lowest BCUT2D eigenvalue weighted by Crippen LogP contribution is -2.59. The third-order valence-electron chi connectivity index (χ3n) is 2.81. The van der Waals surface area contributed by atoms with Crippen molar-refractivity contribution < 1.29 is 29.4 Å². The molecule has 0 aromatic carbocycles. The van der Waals surface area contributed by atoms with Crippen LogP contribution in [-0.4, -0.2) is 70.4 Å². The van der Waals surface area contributed by atoms with Crippen LogP contribution in [0.3, 0.4) is 0 Å². The standard InChI is InChI=1S/C12H22N4O6S/c1-5(12(21)22)14-10(19)7(4-23)15-11(20)9(6(2)17)16-8(18)3-13/h5-7,9,17,23H,3-4,13H2,1-2H3,(H,14,19)(H,15,20)(H,16,18)(H,21,22). The van der Waals surface area contributed by atoms with Crippen LogP contribution >= 0.6 is 12.6 Å². The number of carboxylic acid groups (broad SMARTS) is 1. The number of aliphatic hydroxyl groups is 1. The molecule has 11 heteroatoms. The van der Waals surface area contributed by atoms with Gasteiger partial charge in [0.05, 0.1) is 12.6 Å². The molecule has 0 aliphatic rings. The van der Waals surface area contributed by atoms with Gasteiger partial charge in [-0.3, -0.25) is 19.2 Å². The zero-order valence-corrected chi connectivity index (χ0v) is 13.7. The number of amides is 3. The first kappa shape index (κ1) is 21.1. The van der Waals surface area contributed by atoms with Gasteiger partial charge in [-0.25, -0.2) is 0 Å². The minimum Gasteiger partial charge on any atom is -0.480 e. The normalized spacial score (nSPS) is 15.7. The molecule has 0 radical (unpaired) electrons. The van der Waals surface area contributed by atoms with Gasteiger partial charge >= 0.3 is 5.97 Å². The predicted molar refractivity (Wildman–Crippen MR) is 83.7 cm³/mol. The Morgan fingerprint density at radius 3 is 2.04 bits per heavy atom. The maximum atomic E-state index is 12.1. The molecule has 0 fully saturated rings. The van der Waals surface area contributed by atoms with Gasteiger partial charge in [0.2, 0.25) is 17.7 Å². The van der Waals surface area contributed by atoms with Crippen molar-refractivity contribution in [1.29, 1.82) is 0 Å². The molecule has 0 rings (SSSR count). The van der Waals surface area contributed by atoms with Gasteiger partial charge in [-0.15, -0.1) is 0 Å². The number of aliphatic hydroxyl groups excluding tert-OH is 1. The molecule has 7 N–H and O–H groups in total. The number of nitrogens with one attached hydrogen (secondary N) is 3. The zero-order valence-electron chi connectivity index (χ0n) is 12.8. The van der Waals surface area contributed by atoms with Crippen LogP contribution in [0, 0.1) is 0 Å². The highest BCUT2D eigenvalue weighted by Gasteiger charge is 2.29. The first-order valence-corrected chi connectivity index (χ1v) is 7.39. The summed E-state index contributed by atoms with van der Waals surface area (Å²) in [4.78, 5) is 45.9. The third kappa shape index (κ3) is 7.30. The number of carboxylic acids is 1. The smallest absolute Gasteiger partial charge is 0.325 e. The lowest BCUT2D eigenvalue weighted by atomic mass is 10.1. The number of thiol groups is 1. The second-order valence-corrected chi connectivity index (χ2v) is 5.17. The summed E-state index contributed by atoms with van der Waals surface area (Å²) in [7, 11) is 0. The first-order chi connectivity index (χ1) is 10.6. The molecule has 0 aliphatic carbocycles. The Kier molecular flexibility index (Phi) is 9.22. The second-order valence-electron chi connectivity index (χ2n) is 4.80. The van der Waals surface area contributed by atoms with E-state index in [-0.39, 0.29) is 12.3 Å². The van der Waals surface area contributed by atoms with Gasteiger partial charge in [-0.2, -0.15) is 12.6 Å². The van der Waals surface area contributed by atoms with Gasteiger partial charge in [0.15, 0.2) is 0 Å². The number of nitrogens with two attached hydrogens (primary N) is 1. The molecule has 0 aromatic rings. The summed E-state index contributed by atoms with van der Waals surface area (Å²) in [6.45, 7) is 2.17. The Morgan fingerprint density at radius 2 is 1.65 bits per heavy atom. The van der Waals surface area contributed by atoms with E-state index < -0.39 is 47.9 Å². The number of carbonyl (C=O) groups excluding carboxylic acids is 3. The molecule has 0 saturated carbocycles. The van der Waals surface area contributed by atoms with Crippen molar-refractivity contribution >= 4 is 36.3 Å². The summed E-state index contributed by atoms with van der Waals surface area (Å²) in [5, 5.41) is 25.0. The summed E-state index contributed by atoms with van der Waals surface area (Å²) in [5.41, 5.74) is 5.12. The van der Waals surface area contributed by atoms with Crippen LogP contribution in [0.2, 0.25) is 0 Å². The lowest BCUT2D eigenvalue weighted by Gasteiger charge is -2.24. The fraction of sp³-hybridized carbons (Fsp3) is 0.667. The topological polar surface area (TPSA) is 171 Å². The third-order valence-corrected chi connectivity index (χ3v) is 3.18. The van der Waals surface area contributed by atoms with Gasteiger partial charge in [0.25, 0.3) is 0 Å². The van der Waals surface area contributed by atoms with E-state index in [1.165, 1.54) is 13.8 Å². The maximum Gasteiger partial charge on any atom is 0.325 e. The molecule has 4 atom stereocenters. The van der Waals surface area contributed by atoms with E-state index in [9.17, 15) is 24.3 Å². The Balaban J connectivity index is 4.87. The zero-order chi connectivity index (χ0) is 18.2. The number of aliphatic carboxylic acids is 1. The number of hydrogen-bond acceptors (Lipinski definition) is 7. The van der Waals surface area contributed by atoms with E-state index in [4.69, 9.17) is 10.8 Å². The summed E-state index contributed by atoms with van der Waals surface area (Å²) >= 11 is 3.92. The quantitative estimate of drug-likeness (QED) is 0.215. The van der Waals surface area contributed by atoms with Crippen LogP contribution in [0.25, 0.3) is 0 Å². The Bertz CT molecular complexity index is 459. The van der Waals surface area contributed by atoms with E-state index in [1.807, 2.05) is 0 Å². The molecular formula is C12H22N4O6S. The van der Waals surface area contributed by atoms with Crippen molar-refractivity contribution in [2.45, 2.75) is 38.1 Å². The van der Waals surface area contributed by atoms with Gasteiger partial charge < -0.3 is 31.9 Å². The average Bonchev–Trinajstić information content (AvgIpc) is 2.48. The van der Waals surface area contributed by atoms with Crippen molar-refractivity contribution in [3.63, 3.8) is 0 Å². The van der Waals surface area contributed by atoms with Crippen LogP contribution in [-0.2, 0) is 19.2 Å². The predicted octanol–water partition coefficient (Wildman–Crippen LogP) is -3.19. The van der Waals surface area contributed by atoms with E-state index in [0.717, 1.165) is 0 Å².